The van der Waals surface area contributed by atoms with Crippen molar-refractivity contribution in [3.05, 3.63) is 0 Å². The van der Waals surface area contributed by atoms with Crippen LogP contribution in [0.1, 0.15) is 27.2 Å². The average molecular weight is 219 g/mol. The summed E-state index contributed by atoms with van der Waals surface area (Å²) >= 11 is 0. The van der Waals surface area contributed by atoms with E-state index in [9.17, 15) is 4.79 Å². The summed E-state index contributed by atoms with van der Waals surface area (Å²) in [5.74, 6) is -0.123. The third-order valence-electron chi connectivity index (χ3n) is 1.73. The third kappa shape index (κ3) is 8.20. The predicted octanol–water partition coefficient (Wildman–Crippen LogP) is 0.502. The number of hydrogen-bond acceptors (Lipinski definition) is 4. The van der Waals surface area contributed by atoms with Gasteiger partial charge in [-0.2, -0.15) is 0 Å². The summed E-state index contributed by atoms with van der Waals surface area (Å²) < 4.78 is 5.02. The van der Waals surface area contributed by atoms with Crippen LogP contribution in [0.2, 0.25) is 0 Å². The minimum absolute atomic E-state index is 0.00122. The molecule has 0 aliphatic rings. The van der Waals surface area contributed by atoms with E-state index < -0.39 is 11.7 Å². The minimum Gasteiger partial charge on any atom is -0.444 e. The highest BCUT2D eigenvalue weighted by Gasteiger charge is 2.16. The van der Waals surface area contributed by atoms with Gasteiger partial charge in [0, 0.05) is 25.7 Å². The van der Waals surface area contributed by atoms with Gasteiger partial charge in [0.05, 0.1) is 0 Å². The molecule has 0 aromatic rings. The highest BCUT2D eigenvalue weighted by molar-refractivity contribution is 5.67. The molecule has 3 N–H and O–H groups in total. The second kappa shape index (κ2) is 6.63. The molecule has 0 unspecified atom stereocenters. The summed E-state index contributed by atoms with van der Waals surface area (Å²) in [5, 5.41) is 20.1. The van der Waals surface area contributed by atoms with Crippen LogP contribution in [-0.4, -0.2) is 41.7 Å². The van der Waals surface area contributed by atoms with Gasteiger partial charge in [-0.3, -0.25) is 0 Å². The lowest BCUT2D eigenvalue weighted by Gasteiger charge is -2.21. The number of carbonyl (C=O) groups is 1. The van der Waals surface area contributed by atoms with Gasteiger partial charge in [-0.05, 0) is 27.2 Å². The highest BCUT2D eigenvalue weighted by atomic mass is 16.6. The first kappa shape index (κ1) is 14.2. The Balaban J connectivity index is 3.78. The zero-order valence-corrected chi connectivity index (χ0v) is 9.62. The largest absolute Gasteiger partial charge is 0.444 e. The lowest BCUT2D eigenvalue weighted by Crippen LogP contribution is -2.36. The standard InChI is InChI=1S/C10H21NO4/c1-10(2,3)15-9(14)11-6-8(7-13)4-5-12/h8,12-13H,4-7H2,1-3H3,(H,11,14)/t8-/m0/s1. The molecule has 0 saturated carbocycles. The molecule has 1 atom stereocenters. The van der Waals surface area contributed by atoms with Crippen molar-refractivity contribution in [2.75, 3.05) is 19.8 Å². The first-order chi connectivity index (χ1) is 6.89. The molecule has 0 fully saturated rings. The molecular formula is C10H21NO4. The minimum atomic E-state index is -0.518. The van der Waals surface area contributed by atoms with Crippen LogP contribution in [0.4, 0.5) is 4.79 Å². The van der Waals surface area contributed by atoms with Crippen LogP contribution >= 0.6 is 0 Å². The number of ether oxygens (including phenoxy) is 1. The van der Waals surface area contributed by atoms with Gasteiger partial charge in [0.25, 0.3) is 0 Å². The van der Waals surface area contributed by atoms with E-state index in [1.807, 2.05) is 0 Å². The molecule has 0 aromatic carbocycles. The van der Waals surface area contributed by atoms with Crippen molar-refractivity contribution in [1.82, 2.24) is 5.32 Å². The highest BCUT2D eigenvalue weighted by Crippen LogP contribution is 2.07. The van der Waals surface area contributed by atoms with Crippen molar-refractivity contribution in [1.29, 1.82) is 0 Å². The molecule has 0 rings (SSSR count). The van der Waals surface area contributed by atoms with E-state index >= 15 is 0 Å². The Labute approximate surface area is 90.4 Å². The second-order valence-corrected chi connectivity index (χ2v) is 4.44. The molecule has 0 radical (unpaired) electrons. The topological polar surface area (TPSA) is 78.8 Å². The fourth-order valence-electron chi connectivity index (χ4n) is 0.982. The van der Waals surface area contributed by atoms with Crippen LogP contribution in [0, 0.1) is 5.92 Å². The molecule has 0 aromatic heterocycles. The lowest BCUT2D eigenvalue weighted by atomic mass is 10.1. The van der Waals surface area contributed by atoms with Crippen molar-refractivity contribution < 1.29 is 19.7 Å². The Morgan fingerprint density at radius 2 is 2.00 bits per heavy atom. The number of carbonyl (C=O) groups excluding carboxylic acids is 1. The van der Waals surface area contributed by atoms with Crippen molar-refractivity contribution in [3.63, 3.8) is 0 Å². The van der Waals surface area contributed by atoms with E-state index in [1.165, 1.54) is 0 Å². The molecule has 5 nitrogen and oxygen atoms in total. The molecule has 0 bridgehead atoms. The second-order valence-electron chi connectivity index (χ2n) is 4.44. The van der Waals surface area contributed by atoms with Gasteiger partial charge >= 0.3 is 6.09 Å². The van der Waals surface area contributed by atoms with Crippen LogP contribution in [0.15, 0.2) is 0 Å². The number of hydrogen-bond donors (Lipinski definition) is 3. The lowest BCUT2D eigenvalue weighted by molar-refractivity contribution is 0.0508. The first-order valence-corrected chi connectivity index (χ1v) is 5.07. The van der Waals surface area contributed by atoms with E-state index in [0.717, 1.165) is 0 Å². The quantitative estimate of drug-likeness (QED) is 0.629. The summed E-state index contributed by atoms with van der Waals surface area (Å²) in [5.41, 5.74) is -0.518. The van der Waals surface area contributed by atoms with Crippen molar-refractivity contribution in [3.8, 4) is 0 Å². The molecule has 5 heteroatoms. The summed E-state index contributed by atoms with van der Waals surface area (Å²) in [7, 11) is 0. The molecule has 0 heterocycles. The normalized spacial score (nSPS) is 13.4. The molecule has 0 aliphatic heterocycles. The summed E-state index contributed by atoms with van der Waals surface area (Å²) in [6.07, 6.45) is -0.0364. The molecule has 0 saturated heterocycles. The molecule has 0 spiro atoms. The zero-order valence-electron chi connectivity index (χ0n) is 9.62. The number of alkyl carbamates (subject to hydrolysis) is 1. The van der Waals surface area contributed by atoms with Crippen LogP contribution in [0.3, 0.4) is 0 Å². The fraction of sp³-hybridized carbons (Fsp3) is 0.900. The SMILES string of the molecule is CC(C)(C)OC(=O)NC[C@@H](CO)CCO. The monoisotopic (exact) mass is 219 g/mol. The summed E-state index contributed by atoms with van der Waals surface area (Å²) in [6, 6.07) is 0. The van der Waals surface area contributed by atoms with Gasteiger partial charge < -0.3 is 20.3 Å². The number of amides is 1. The van der Waals surface area contributed by atoms with Crippen LogP contribution < -0.4 is 5.32 Å². The number of nitrogens with one attached hydrogen (secondary N) is 1. The van der Waals surface area contributed by atoms with Gasteiger partial charge in [-0.25, -0.2) is 4.79 Å². The van der Waals surface area contributed by atoms with Crippen molar-refractivity contribution >= 4 is 6.09 Å². The predicted molar refractivity (Wildman–Crippen MR) is 56.5 cm³/mol. The molecule has 90 valence electrons. The Morgan fingerprint density at radius 1 is 1.40 bits per heavy atom. The average Bonchev–Trinajstić information content (AvgIpc) is 2.09. The first-order valence-electron chi connectivity index (χ1n) is 5.07. The van der Waals surface area contributed by atoms with Gasteiger partial charge in [0.15, 0.2) is 0 Å². The Bertz CT molecular complexity index is 188. The third-order valence-corrected chi connectivity index (χ3v) is 1.73. The van der Waals surface area contributed by atoms with Crippen LogP contribution in [-0.2, 0) is 4.74 Å². The summed E-state index contributed by atoms with van der Waals surface area (Å²) in [6.45, 7) is 5.60. The van der Waals surface area contributed by atoms with E-state index in [0.29, 0.717) is 13.0 Å². The maximum Gasteiger partial charge on any atom is 0.407 e. The molecule has 1 amide bonds. The van der Waals surface area contributed by atoms with Crippen LogP contribution in [0.5, 0.6) is 0 Å². The number of aliphatic hydroxyl groups excluding tert-OH is 2. The van der Waals surface area contributed by atoms with E-state index in [2.05, 4.69) is 5.32 Å². The molecular weight excluding hydrogens is 198 g/mol. The fourth-order valence-corrected chi connectivity index (χ4v) is 0.982. The van der Waals surface area contributed by atoms with E-state index in [1.54, 1.807) is 20.8 Å². The van der Waals surface area contributed by atoms with E-state index in [4.69, 9.17) is 14.9 Å². The Morgan fingerprint density at radius 3 is 2.40 bits per heavy atom. The Hall–Kier alpha value is -0.810. The van der Waals surface area contributed by atoms with Gasteiger partial charge in [-0.1, -0.05) is 0 Å². The van der Waals surface area contributed by atoms with Crippen LogP contribution in [0.25, 0.3) is 0 Å². The van der Waals surface area contributed by atoms with E-state index in [-0.39, 0.29) is 19.1 Å². The maximum absolute atomic E-state index is 11.2. The molecule has 0 aliphatic carbocycles. The number of rotatable bonds is 5. The maximum atomic E-state index is 11.2. The van der Waals surface area contributed by atoms with Crippen molar-refractivity contribution in [2.24, 2.45) is 5.92 Å². The van der Waals surface area contributed by atoms with Crippen molar-refractivity contribution in [2.45, 2.75) is 32.8 Å². The summed E-state index contributed by atoms with van der Waals surface area (Å²) in [4.78, 5) is 11.2. The zero-order chi connectivity index (χ0) is 11.9. The van der Waals surface area contributed by atoms with Gasteiger partial charge in [0.1, 0.15) is 5.60 Å². The van der Waals surface area contributed by atoms with Gasteiger partial charge in [0.2, 0.25) is 0 Å². The smallest absolute Gasteiger partial charge is 0.407 e. The Kier molecular flexibility index (Phi) is 6.27. The number of aliphatic hydroxyl groups is 2. The van der Waals surface area contributed by atoms with Gasteiger partial charge in [-0.15, -0.1) is 0 Å². The molecule has 15 heavy (non-hydrogen) atoms.